The van der Waals surface area contributed by atoms with Crippen molar-refractivity contribution in [2.45, 2.75) is 26.3 Å². The zero-order chi connectivity index (χ0) is 15.4. The molecule has 0 spiro atoms. The van der Waals surface area contributed by atoms with Gasteiger partial charge in [-0.15, -0.1) is 0 Å². The van der Waals surface area contributed by atoms with Gasteiger partial charge in [-0.05, 0) is 30.5 Å². The van der Waals surface area contributed by atoms with Crippen molar-refractivity contribution in [2.24, 2.45) is 5.92 Å². The molecule has 1 saturated heterocycles. The summed E-state index contributed by atoms with van der Waals surface area (Å²) in [5.41, 5.74) is 0.827. The van der Waals surface area contributed by atoms with Crippen LogP contribution in [0.1, 0.15) is 25.3 Å². The van der Waals surface area contributed by atoms with Crippen LogP contribution in [0, 0.1) is 5.92 Å². The van der Waals surface area contributed by atoms with Gasteiger partial charge in [-0.1, -0.05) is 29.3 Å². The summed E-state index contributed by atoms with van der Waals surface area (Å²) in [6.07, 6.45) is 1.67. The SMILES string of the molecule is CC(=O)N1CCC[C@@H](C(=O)NCc2ccc(Cl)cc2Cl)C1. The van der Waals surface area contributed by atoms with E-state index in [2.05, 4.69) is 5.32 Å². The van der Waals surface area contributed by atoms with Crippen LogP contribution in [0.4, 0.5) is 0 Å². The third-order valence-corrected chi connectivity index (χ3v) is 4.29. The number of hydrogen-bond acceptors (Lipinski definition) is 2. The number of carbonyl (C=O) groups is 2. The number of rotatable bonds is 3. The molecule has 1 fully saturated rings. The predicted molar refractivity (Wildman–Crippen MR) is 83.3 cm³/mol. The maximum absolute atomic E-state index is 12.2. The number of carbonyl (C=O) groups excluding carboxylic acids is 2. The van der Waals surface area contributed by atoms with Crippen LogP contribution in [0.2, 0.25) is 10.0 Å². The number of nitrogens with zero attached hydrogens (tertiary/aromatic N) is 1. The van der Waals surface area contributed by atoms with E-state index in [9.17, 15) is 9.59 Å². The average molecular weight is 329 g/mol. The standard InChI is InChI=1S/C15H18Cl2N2O2/c1-10(20)19-6-2-3-12(9-19)15(21)18-8-11-4-5-13(16)7-14(11)17/h4-5,7,12H,2-3,6,8-9H2,1H3,(H,18,21)/t12-/m1/s1. The summed E-state index contributed by atoms with van der Waals surface area (Å²) >= 11 is 11.9. The Morgan fingerprint density at radius 1 is 1.38 bits per heavy atom. The second-order valence-corrected chi connectivity index (χ2v) is 6.10. The first-order valence-corrected chi connectivity index (χ1v) is 7.70. The summed E-state index contributed by atoms with van der Waals surface area (Å²) < 4.78 is 0. The van der Waals surface area contributed by atoms with E-state index in [1.165, 1.54) is 6.92 Å². The second-order valence-electron chi connectivity index (χ2n) is 5.26. The molecule has 6 heteroatoms. The Kier molecular flexibility index (Phi) is 5.48. The highest BCUT2D eigenvalue weighted by molar-refractivity contribution is 6.35. The Bertz CT molecular complexity index is 548. The number of amides is 2. The molecule has 1 aliphatic heterocycles. The number of nitrogens with one attached hydrogen (secondary N) is 1. The summed E-state index contributed by atoms with van der Waals surface area (Å²) in [4.78, 5) is 25.3. The second kappa shape index (κ2) is 7.14. The fourth-order valence-corrected chi connectivity index (χ4v) is 2.94. The third kappa shape index (κ3) is 4.35. The van der Waals surface area contributed by atoms with Crippen LogP contribution < -0.4 is 5.32 Å². The molecule has 1 aromatic carbocycles. The van der Waals surface area contributed by atoms with Crippen molar-refractivity contribution < 1.29 is 9.59 Å². The van der Waals surface area contributed by atoms with E-state index in [0.717, 1.165) is 24.9 Å². The maximum Gasteiger partial charge on any atom is 0.225 e. The molecule has 1 N–H and O–H groups in total. The van der Waals surface area contributed by atoms with Crippen molar-refractivity contribution in [3.63, 3.8) is 0 Å². The maximum atomic E-state index is 12.2. The molecule has 2 amide bonds. The van der Waals surface area contributed by atoms with Crippen molar-refractivity contribution in [1.29, 1.82) is 0 Å². The smallest absolute Gasteiger partial charge is 0.225 e. The minimum atomic E-state index is -0.145. The van der Waals surface area contributed by atoms with Gasteiger partial charge in [0.25, 0.3) is 0 Å². The molecule has 0 unspecified atom stereocenters. The summed E-state index contributed by atoms with van der Waals surface area (Å²) in [6.45, 7) is 3.14. The van der Waals surface area contributed by atoms with E-state index in [1.54, 1.807) is 23.1 Å². The van der Waals surface area contributed by atoms with Gasteiger partial charge < -0.3 is 10.2 Å². The van der Waals surface area contributed by atoms with Crippen molar-refractivity contribution in [1.82, 2.24) is 10.2 Å². The summed E-state index contributed by atoms with van der Waals surface area (Å²) in [6, 6.07) is 5.20. The van der Waals surface area contributed by atoms with E-state index < -0.39 is 0 Å². The number of benzene rings is 1. The van der Waals surface area contributed by atoms with Gasteiger partial charge in [0.2, 0.25) is 11.8 Å². The van der Waals surface area contributed by atoms with Gasteiger partial charge in [0, 0.05) is 36.6 Å². The third-order valence-electron chi connectivity index (χ3n) is 3.71. The van der Waals surface area contributed by atoms with E-state index in [0.29, 0.717) is 23.1 Å². The number of piperidine rings is 1. The number of hydrogen-bond donors (Lipinski definition) is 1. The van der Waals surface area contributed by atoms with E-state index in [4.69, 9.17) is 23.2 Å². The predicted octanol–water partition coefficient (Wildman–Crippen LogP) is 2.87. The van der Waals surface area contributed by atoms with Gasteiger partial charge in [-0.3, -0.25) is 9.59 Å². The lowest BCUT2D eigenvalue weighted by molar-refractivity contribution is -0.134. The summed E-state index contributed by atoms with van der Waals surface area (Å²) in [7, 11) is 0. The van der Waals surface area contributed by atoms with Crippen molar-refractivity contribution in [2.75, 3.05) is 13.1 Å². The molecule has 1 aliphatic rings. The fourth-order valence-electron chi connectivity index (χ4n) is 2.47. The summed E-state index contributed by atoms with van der Waals surface area (Å²) in [5.74, 6) is -0.158. The minimum absolute atomic E-state index is 0.0215. The molecule has 4 nitrogen and oxygen atoms in total. The molecule has 0 saturated carbocycles. The van der Waals surface area contributed by atoms with Crippen molar-refractivity contribution >= 4 is 35.0 Å². The molecule has 1 atom stereocenters. The largest absolute Gasteiger partial charge is 0.352 e. The molecule has 0 aliphatic carbocycles. The highest BCUT2D eigenvalue weighted by atomic mass is 35.5. The Morgan fingerprint density at radius 2 is 2.14 bits per heavy atom. The quantitative estimate of drug-likeness (QED) is 0.927. The molecule has 21 heavy (non-hydrogen) atoms. The van der Waals surface area contributed by atoms with Crippen LogP contribution in [-0.2, 0) is 16.1 Å². The van der Waals surface area contributed by atoms with Gasteiger partial charge >= 0.3 is 0 Å². The fraction of sp³-hybridized carbons (Fsp3) is 0.467. The number of likely N-dealkylation sites (tertiary alicyclic amines) is 1. The average Bonchev–Trinajstić information content (AvgIpc) is 2.46. The Morgan fingerprint density at radius 3 is 2.81 bits per heavy atom. The van der Waals surface area contributed by atoms with Gasteiger partial charge in [-0.25, -0.2) is 0 Å². The molecule has 1 heterocycles. The van der Waals surface area contributed by atoms with E-state index >= 15 is 0 Å². The topological polar surface area (TPSA) is 49.4 Å². The molecule has 114 valence electrons. The normalized spacial score (nSPS) is 18.4. The van der Waals surface area contributed by atoms with Crippen LogP contribution in [0.3, 0.4) is 0 Å². The van der Waals surface area contributed by atoms with Gasteiger partial charge in [-0.2, -0.15) is 0 Å². The van der Waals surface area contributed by atoms with Gasteiger partial charge in [0.1, 0.15) is 0 Å². The monoisotopic (exact) mass is 328 g/mol. The van der Waals surface area contributed by atoms with E-state index in [-0.39, 0.29) is 17.7 Å². The molecular formula is C15H18Cl2N2O2. The first-order chi connectivity index (χ1) is 9.97. The van der Waals surface area contributed by atoms with Crippen LogP contribution in [0.25, 0.3) is 0 Å². The minimum Gasteiger partial charge on any atom is -0.352 e. The zero-order valence-corrected chi connectivity index (χ0v) is 13.4. The highest BCUT2D eigenvalue weighted by Gasteiger charge is 2.26. The number of halogens is 2. The van der Waals surface area contributed by atoms with Gasteiger partial charge in [0.15, 0.2) is 0 Å². The van der Waals surface area contributed by atoms with E-state index in [1.807, 2.05) is 0 Å². The van der Waals surface area contributed by atoms with Crippen molar-refractivity contribution in [3.05, 3.63) is 33.8 Å². The molecule has 1 aromatic rings. The molecular weight excluding hydrogens is 311 g/mol. The molecule has 0 radical (unpaired) electrons. The molecule has 0 aromatic heterocycles. The molecule has 2 rings (SSSR count). The lowest BCUT2D eigenvalue weighted by atomic mass is 9.97. The summed E-state index contributed by atoms with van der Waals surface area (Å²) in [5, 5.41) is 3.99. The Balaban J connectivity index is 1.90. The highest BCUT2D eigenvalue weighted by Crippen LogP contribution is 2.21. The van der Waals surface area contributed by atoms with Crippen LogP contribution in [0.15, 0.2) is 18.2 Å². The lowest BCUT2D eigenvalue weighted by Gasteiger charge is -2.31. The lowest BCUT2D eigenvalue weighted by Crippen LogP contribution is -2.44. The van der Waals surface area contributed by atoms with Crippen LogP contribution in [-0.4, -0.2) is 29.8 Å². The van der Waals surface area contributed by atoms with Crippen LogP contribution >= 0.6 is 23.2 Å². The van der Waals surface area contributed by atoms with Crippen LogP contribution in [0.5, 0.6) is 0 Å². The van der Waals surface area contributed by atoms with Crippen molar-refractivity contribution in [3.8, 4) is 0 Å². The first kappa shape index (κ1) is 16.1. The molecule has 0 bridgehead atoms. The van der Waals surface area contributed by atoms with Gasteiger partial charge in [0.05, 0.1) is 5.92 Å². The Labute approximate surface area is 134 Å². The zero-order valence-electron chi connectivity index (χ0n) is 11.9. The Hall–Kier alpha value is -1.26. The first-order valence-electron chi connectivity index (χ1n) is 6.94.